The van der Waals surface area contributed by atoms with Gasteiger partial charge < -0.3 is 14.6 Å². The fourth-order valence-corrected chi connectivity index (χ4v) is 4.18. The van der Waals surface area contributed by atoms with Crippen LogP contribution in [0.3, 0.4) is 0 Å². The third kappa shape index (κ3) is 6.15. The number of likely N-dealkylation sites (N-methyl/N-ethyl adjacent to an activating group) is 2. The second kappa shape index (κ2) is 11.2. The molecule has 0 amide bonds. The average molecular weight is 474 g/mol. The molecule has 0 aromatic carbocycles. The highest BCUT2D eigenvalue weighted by molar-refractivity contribution is 14.0. The van der Waals surface area contributed by atoms with Crippen LogP contribution in [0.4, 0.5) is 0 Å². The molecule has 1 N–H and O–H groups in total. The van der Waals surface area contributed by atoms with Gasteiger partial charge in [-0.25, -0.2) is 0 Å². The predicted octanol–water partition coefficient (Wildman–Crippen LogP) is 3.74. The smallest absolute Gasteiger partial charge is 0.193 e. The van der Waals surface area contributed by atoms with Crippen LogP contribution in [-0.4, -0.2) is 61.1 Å². The zero-order valence-corrected chi connectivity index (χ0v) is 18.7. The van der Waals surface area contributed by atoms with Gasteiger partial charge in [-0.05, 0) is 50.9 Å². The van der Waals surface area contributed by atoms with Gasteiger partial charge in [-0.2, -0.15) is 0 Å². The summed E-state index contributed by atoms with van der Waals surface area (Å²) in [7, 11) is 2.19. The summed E-state index contributed by atoms with van der Waals surface area (Å²) in [5, 5.41) is 3.73. The summed E-state index contributed by atoms with van der Waals surface area (Å²) in [4.78, 5) is 9.86. The number of rotatable bonds is 7. The Labute approximate surface area is 175 Å². The van der Waals surface area contributed by atoms with Gasteiger partial charge in [0.15, 0.2) is 5.96 Å². The highest BCUT2D eigenvalue weighted by Crippen LogP contribution is 2.19. The summed E-state index contributed by atoms with van der Waals surface area (Å²) in [5.41, 5.74) is 0. The van der Waals surface area contributed by atoms with Crippen LogP contribution in [0.15, 0.2) is 27.8 Å². The van der Waals surface area contributed by atoms with Gasteiger partial charge in [0, 0.05) is 38.6 Å². The Hall–Kier alpha value is -0.760. The molecule has 5 nitrogen and oxygen atoms in total. The molecule has 2 aliphatic rings. The van der Waals surface area contributed by atoms with Crippen LogP contribution in [0.5, 0.6) is 0 Å². The molecule has 2 heterocycles. The van der Waals surface area contributed by atoms with Crippen LogP contribution in [0.25, 0.3) is 0 Å². The fraction of sp³-hybridized carbons (Fsp3) is 0.750. The monoisotopic (exact) mass is 474 g/mol. The summed E-state index contributed by atoms with van der Waals surface area (Å²) in [6.07, 6.45) is 10.5. The lowest BCUT2D eigenvalue weighted by molar-refractivity contribution is 0.232. The van der Waals surface area contributed by atoms with Crippen molar-refractivity contribution in [1.82, 2.24) is 15.1 Å². The maximum atomic E-state index is 5.44. The van der Waals surface area contributed by atoms with E-state index in [1.54, 1.807) is 6.26 Å². The third-order valence-electron chi connectivity index (χ3n) is 5.64. The molecular formula is C20H35IN4O. The number of halogens is 1. The van der Waals surface area contributed by atoms with E-state index in [1.807, 2.05) is 12.1 Å². The number of guanidine groups is 1. The highest BCUT2D eigenvalue weighted by atomic mass is 127. The molecule has 1 atom stereocenters. The summed E-state index contributed by atoms with van der Waals surface area (Å²) in [6.45, 7) is 6.51. The second-order valence-corrected chi connectivity index (χ2v) is 7.47. The fourth-order valence-electron chi connectivity index (χ4n) is 4.18. The van der Waals surface area contributed by atoms with Crippen molar-refractivity contribution in [3.63, 3.8) is 0 Å². The van der Waals surface area contributed by atoms with E-state index in [4.69, 9.17) is 9.41 Å². The Kier molecular flexibility index (Phi) is 9.25. The molecule has 1 unspecified atom stereocenters. The van der Waals surface area contributed by atoms with Crippen molar-refractivity contribution in [2.45, 2.75) is 64.0 Å². The normalized spacial score (nSPS) is 21.8. The first kappa shape index (κ1) is 21.5. The number of nitrogens with zero attached hydrogens (tertiary/aromatic N) is 3. The number of furan rings is 1. The zero-order valence-electron chi connectivity index (χ0n) is 16.3. The number of nitrogens with one attached hydrogen (secondary N) is 1. The van der Waals surface area contributed by atoms with Gasteiger partial charge in [-0.15, -0.1) is 24.0 Å². The van der Waals surface area contributed by atoms with E-state index in [0.29, 0.717) is 12.1 Å². The maximum absolute atomic E-state index is 5.44. The van der Waals surface area contributed by atoms with Crippen molar-refractivity contribution < 1.29 is 4.42 Å². The van der Waals surface area contributed by atoms with E-state index < -0.39 is 0 Å². The molecular weight excluding hydrogens is 439 g/mol. The number of likely N-dealkylation sites (tertiary alicyclic amines) is 1. The standard InChI is InChI=1S/C20H34N4O.HI/c1-3-24-14-6-10-18(24)16-23(2)20(22-17-8-4-5-9-17)21-13-12-19-11-7-15-25-19;/h7,11,15,17-18H,3-6,8-10,12-14,16H2,1-2H3,(H,21,22);1H. The molecule has 0 spiro atoms. The molecule has 148 valence electrons. The molecule has 1 aromatic rings. The molecule has 1 saturated carbocycles. The molecule has 1 aromatic heterocycles. The molecule has 1 aliphatic carbocycles. The van der Waals surface area contributed by atoms with Gasteiger partial charge >= 0.3 is 0 Å². The van der Waals surface area contributed by atoms with Crippen molar-refractivity contribution in [1.29, 1.82) is 0 Å². The van der Waals surface area contributed by atoms with E-state index >= 15 is 0 Å². The zero-order chi connectivity index (χ0) is 17.5. The van der Waals surface area contributed by atoms with E-state index in [0.717, 1.165) is 37.8 Å². The van der Waals surface area contributed by atoms with Crippen molar-refractivity contribution in [3.05, 3.63) is 24.2 Å². The van der Waals surface area contributed by atoms with E-state index in [9.17, 15) is 0 Å². The quantitative estimate of drug-likeness (QED) is 0.372. The Morgan fingerprint density at radius 2 is 2.12 bits per heavy atom. The Bertz CT molecular complexity index is 528. The van der Waals surface area contributed by atoms with Crippen molar-refractivity contribution >= 4 is 29.9 Å². The minimum Gasteiger partial charge on any atom is -0.469 e. The Morgan fingerprint density at radius 3 is 2.81 bits per heavy atom. The van der Waals surface area contributed by atoms with Crippen molar-refractivity contribution in [2.75, 3.05) is 33.2 Å². The molecule has 0 radical (unpaired) electrons. The second-order valence-electron chi connectivity index (χ2n) is 7.47. The van der Waals surface area contributed by atoms with Crippen LogP contribution in [0.1, 0.15) is 51.2 Å². The first-order valence-corrected chi connectivity index (χ1v) is 10.0. The van der Waals surface area contributed by atoms with Crippen molar-refractivity contribution in [3.8, 4) is 0 Å². The van der Waals surface area contributed by atoms with E-state index in [-0.39, 0.29) is 24.0 Å². The topological polar surface area (TPSA) is 44.0 Å². The van der Waals surface area contributed by atoms with Crippen LogP contribution in [0.2, 0.25) is 0 Å². The molecule has 6 heteroatoms. The van der Waals surface area contributed by atoms with Gasteiger partial charge in [0.1, 0.15) is 5.76 Å². The lowest BCUT2D eigenvalue weighted by atomic mass is 10.2. The SMILES string of the molecule is CCN1CCCC1CN(C)C(=NCCc1ccco1)NC1CCCC1.I. The molecule has 1 saturated heterocycles. The average Bonchev–Trinajstić information content (AvgIpc) is 3.36. The van der Waals surface area contributed by atoms with E-state index in [2.05, 4.69) is 29.1 Å². The molecule has 0 bridgehead atoms. The highest BCUT2D eigenvalue weighted by Gasteiger charge is 2.26. The van der Waals surface area contributed by atoms with Crippen LogP contribution < -0.4 is 5.32 Å². The summed E-state index contributed by atoms with van der Waals surface area (Å²) < 4.78 is 5.44. The molecule has 26 heavy (non-hydrogen) atoms. The lowest BCUT2D eigenvalue weighted by Crippen LogP contribution is -2.48. The summed E-state index contributed by atoms with van der Waals surface area (Å²) >= 11 is 0. The number of hydrogen-bond acceptors (Lipinski definition) is 3. The summed E-state index contributed by atoms with van der Waals surface area (Å²) in [6, 6.07) is 5.23. The van der Waals surface area contributed by atoms with Gasteiger partial charge in [-0.3, -0.25) is 9.89 Å². The number of aliphatic imine (C=N–C) groups is 1. The molecule has 3 rings (SSSR count). The minimum atomic E-state index is 0. The molecule has 1 aliphatic heterocycles. The minimum absolute atomic E-state index is 0. The first-order chi connectivity index (χ1) is 12.3. The van der Waals surface area contributed by atoms with E-state index in [1.165, 1.54) is 45.1 Å². The lowest BCUT2D eigenvalue weighted by Gasteiger charge is -2.31. The van der Waals surface area contributed by atoms with Crippen LogP contribution in [0, 0.1) is 0 Å². The largest absolute Gasteiger partial charge is 0.469 e. The van der Waals surface area contributed by atoms with Gasteiger partial charge in [0.2, 0.25) is 0 Å². The maximum Gasteiger partial charge on any atom is 0.193 e. The Balaban J connectivity index is 0.00000243. The summed E-state index contributed by atoms with van der Waals surface area (Å²) in [5.74, 6) is 2.08. The predicted molar refractivity (Wildman–Crippen MR) is 118 cm³/mol. The molecule has 2 fully saturated rings. The van der Waals surface area contributed by atoms with Crippen molar-refractivity contribution in [2.24, 2.45) is 4.99 Å². The van der Waals surface area contributed by atoms with Gasteiger partial charge in [0.25, 0.3) is 0 Å². The third-order valence-corrected chi connectivity index (χ3v) is 5.64. The van der Waals surface area contributed by atoms with Crippen LogP contribution in [-0.2, 0) is 6.42 Å². The van der Waals surface area contributed by atoms with Gasteiger partial charge in [-0.1, -0.05) is 19.8 Å². The first-order valence-electron chi connectivity index (χ1n) is 10.0. The Morgan fingerprint density at radius 1 is 1.31 bits per heavy atom. The van der Waals surface area contributed by atoms with Crippen LogP contribution >= 0.6 is 24.0 Å². The number of hydrogen-bond donors (Lipinski definition) is 1. The van der Waals surface area contributed by atoms with Gasteiger partial charge in [0.05, 0.1) is 6.26 Å².